The van der Waals surface area contributed by atoms with Crippen molar-refractivity contribution in [3.63, 3.8) is 0 Å². The molecule has 0 aliphatic heterocycles. The van der Waals surface area contributed by atoms with Crippen molar-refractivity contribution < 1.29 is 9.37 Å². The van der Waals surface area contributed by atoms with Gasteiger partial charge in [-0.1, -0.05) is 48.0 Å². The number of aryl methyl sites for hydroxylation is 1. The summed E-state index contributed by atoms with van der Waals surface area (Å²) < 4.78 is 10.6. The van der Waals surface area contributed by atoms with Gasteiger partial charge >= 0.3 is 0 Å². The summed E-state index contributed by atoms with van der Waals surface area (Å²) in [5.74, 6) is 1.10. The molecule has 0 N–H and O–H groups in total. The van der Waals surface area contributed by atoms with Gasteiger partial charge in [-0.25, -0.2) is 9.61 Å². The SMILES string of the molecule is Cc1ccc(Cc2nc3nonc3nc2Oc2ccccc2)cc1. The fourth-order valence-corrected chi connectivity index (χ4v) is 2.35. The molecular weight excluding hydrogens is 304 g/mol. The molecule has 0 aliphatic rings. The third-order valence-corrected chi connectivity index (χ3v) is 3.60. The number of hydrogen-bond donors (Lipinski definition) is 0. The highest BCUT2D eigenvalue weighted by Gasteiger charge is 2.15. The van der Waals surface area contributed by atoms with Gasteiger partial charge in [-0.15, -0.1) is 0 Å². The summed E-state index contributed by atoms with van der Waals surface area (Å²) in [5.41, 5.74) is 3.71. The standard InChI is InChI=1S/C18H14N4O2/c1-12-7-9-13(10-8-12)11-15-18(23-14-5-3-2-4-6-14)20-17-16(19-15)21-24-22-17/h2-10H,11H2,1H3. The smallest absolute Gasteiger partial charge is 0.246 e. The molecule has 0 radical (unpaired) electrons. The van der Waals surface area contributed by atoms with Crippen LogP contribution in [0.15, 0.2) is 59.2 Å². The zero-order valence-electron chi connectivity index (χ0n) is 13.0. The molecule has 0 fully saturated rings. The summed E-state index contributed by atoms with van der Waals surface area (Å²) in [6.07, 6.45) is 0.582. The Kier molecular flexibility index (Phi) is 3.63. The number of hydrogen-bond acceptors (Lipinski definition) is 6. The van der Waals surface area contributed by atoms with E-state index in [0.29, 0.717) is 35.0 Å². The first kappa shape index (κ1) is 14.3. The summed E-state index contributed by atoms with van der Waals surface area (Å²) in [6, 6.07) is 17.7. The molecule has 24 heavy (non-hydrogen) atoms. The van der Waals surface area contributed by atoms with Crippen LogP contribution < -0.4 is 4.74 Å². The van der Waals surface area contributed by atoms with Gasteiger partial charge in [0.15, 0.2) is 0 Å². The molecule has 4 rings (SSSR count). The first-order valence-corrected chi connectivity index (χ1v) is 7.55. The number of para-hydroxylation sites is 1. The Labute approximate surface area is 138 Å². The number of ether oxygens (including phenoxy) is 1. The highest BCUT2D eigenvalue weighted by atomic mass is 16.6. The second kappa shape index (κ2) is 6.08. The van der Waals surface area contributed by atoms with E-state index in [1.807, 2.05) is 30.3 Å². The van der Waals surface area contributed by atoms with E-state index in [0.717, 1.165) is 5.56 Å². The predicted molar refractivity (Wildman–Crippen MR) is 87.9 cm³/mol. The first-order valence-electron chi connectivity index (χ1n) is 7.55. The number of nitrogens with zero attached hydrogens (tertiary/aromatic N) is 4. The third-order valence-electron chi connectivity index (χ3n) is 3.60. The van der Waals surface area contributed by atoms with E-state index in [-0.39, 0.29) is 0 Å². The molecule has 6 heteroatoms. The summed E-state index contributed by atoms with van der Waals surface area (Å²) >= 11 is 0. The lowest BCUT2D eigenvalue weighted by atomic mass is 10.1. The van der Waals surface area contributed by atoms with Crippen LogP contribution in [-0.4, -0.2) is 20.3 Å². The van der Waals surface area contributed by atoms with Crippen LogP contribution in [0.5, 0.6) is 11.6 Å². The van der Waals surface area contributed by atoms with Gasteiger partial charge in [-0.2, -0.15) is 4.98 Å². The largest absolute Gasteiger partial charge is 0.437 e. The molecule has 0 aliphatic carbocycles. The average Bonchev–Trinajstić information content (AvgIpc) is 3.05. The van der Waals surface area contributed by atoms with E-state index in [2.05, 4.69) is 51.5 Å². The van der Waals surface area contributed by atoms with Gasteiger partial charge in [-0.3, -0.25) is 0 Å². The van der Waals surface area contributed by atoms with E-state index in [9.17, 15) is 0 Å². The Morgan fingerprint density at radius 1 is 0.875 bits per heavy atom. The molecule has 2 aromatic carbocycles. The van der Waals surface area contributed by atoms with Gasteiger partial charge < -0.3 is 4.74 Å². The zero-order valence-corrected chi connectivity index (χ0v) is 13.0. The lowest BCUT2D eigenvalue weighted by Gasteiger charge is -2.09. The molecule has 4 aromatic rings. The molecule has 0 saturated heterocycles. The minimum Gasteiger partial charge on any atom is -0.437 e. The van der Waals surface area contributed by atoms with Gasteiger partial charge in [0.1, 0.15) is 11.4 Å². The highest BCUT2D eigenvalue weighted by molar-refractivity contribution is 5.64. The molecule has 0 unspecified atom stereocenters. The van der Waals surface area contributed by atoms with Crippen molar-refractivity contribution in [2.24, 2.45) is 0 Å². The zero-order chi connectivity index (χ0) is 16.4. The second-order valence-electron chi connectivity index (χ2n) is 5.46. The number of aromatic nitrogens is 4. The Balaban J connectivity index is 1.74. The molecular formula is C18H14N4O2. The van der Waals surface area contributed by atoms with E-state index in [1.54, 1.807) is 0 Å². The Bertz CT molecular complexity index is 965. The monoisotopic (exact) mass is 318 g/mol. The molecule has 118 valence electrons. The van der Waals surface area contributed by atoms with Crippen LogP contribution in [0.2, 0.25) is 0 Å². The van der Waals surface area contributed by atoms with E-state index < -0.39 is 0 Å². The Morgan fingerprint density at radius 2 is 1.58 bits per heavy atom. The van der Waals surface area contributed by atoms with Crippen molar-refractivity contribution in [1.82, 2.24) is 20.3 Å². The lowest BCUT2D eigenvalue weighted by molar-refractivity contribution is 0.314. The predicted octanol–water partition coefficient (Wildman–Crippen LogP) is 3.70. The molecule has 2 heterocycles. The molecule has 0 saturated carbocycles. The maximum atomic E-state index is 5.90. The van der Waals surface area contributed by atoms with Crippen LogP contribution in [0.4, 0.5) is 0 Å². The highest BCUT2D eigenvalue weighted by Crippen LogP contribution is 2.25. The Hall–Kier alpha value is -3.28. The lowest BCUT2D eigenvalue weighted by Crippen LogP contribution is -2.01. The molecule has 6 nitrogen and oxygen atoms in total. The van der Waals surface area contributed by atoms with E-state index in [1.165, 1.54) is 5.56 Å². The van der Waals surface area contributed by atoms with Crippen molar-refractivity contribution in [1.29, 1.82) is 0 Å². The van der Waals surface area contributed by atoms with Crippen LogP contribution in [-0.2, 0) is 6.42 Å². The number of benzene rings is 2. The summed E-state index contributed by atoms with van der Waals surface area (Å²) in [6.45, 7) is 2.06. The average molecular weight is 318 g/mol. The molecule has 0 bridgehead atoms. The van der Waals surface area contributed by atoms with Gasteiger partial charge in [-0.05, 0) is 34.9 Å². The third kappa shape index (κ3) is 2.94. The fraction of sp³-hybridized carbons (Fsp3) is 0.111. The molecule has 2 aromatic heterocycles. The maximum Gasteiger partial charge on any atom is 0.246 e. The number of fused-ring (bicyclic) bond motifs is 1. The normalized spacial score (nSPS) is 10.9. The molecule has 0 atom stereocenters. The van der Waals surface area contributed by atoms with Gasteiger partial charge in [0, 0.05) is 6.42 Å². The quantitative estimate of drug-likeness (QED) is 0.571. The minimum absolute atomic E-state index is 0.327. The van der Waals surface area contributed by atoms with Crippen LogP contribution in [0.3, 0.4) is 0 Å². The summed E-state index contributed by atoms with van der Waals surface area (Å²) in [5, 5.41) is 7.51. The van der Waals surface area contributed by atoms with Crippen molar-refractivity contribution in [3.05, 3.63) is 71.4 Å². The first-order chi connectivity index (χ1) is 11.8. The van der Waals surface area contributed by atoms with Crippen molar-refractivity contribution in [3.8, 4) is 11.6 Å². The van der Waals surface area contributed by atoms with Crippen LogP contribution in [0.1, 0.15) is 16.8 Å². The molecule has 0 amide bonds. The fourth-order valence-electron chi connectivity index (χ4n) is 2.35. The van der Waals surface area contributed by atoms with Gasteiger partial charge in [0.05, 0.1) is 0 Å². The van der Waals surface area contributed by atoms with Gasteiger partial charge in [0.2, 0.25) is 17.2 Å². The van der Waals surface area contributed by atoms with Crippen molar-refractivity contribution in [2.75, 3.05) is 0 Å². The van der Waals surface area contributed by atoms with E-state index >= 15 is 0 Å². The summed E-state index contributed by atoms with van der Waals surface area (Å²) in [4.78, 5) is 8.89. The van der Waals surface area contributed by atoms with E-state index in [4.69, 9.17) is 9.37 Å². The topological polar surface area (TPSA) is 73.9 Å². The van der Waals surface area contributed by atoms with Crippen molar-refractivity contribution >= 4 is 11.3 Å². The Morgan fingerprint density at radius 3 is 2.33 bits per heavy atom. The van der Waals surface area contributed by atoms with Gasteiger partial charge in [0.25, 0.3) is 0 Å². The maximum absolute atomic E-state index is 5.90. The minimum atomic E-state index is 0.327. The second-order valence-corrected chi connectivity index (χ2v) is 5.46. The van der Waals surface area contributed by atoms with Crippen LogP contribution in [0.25, 0.3) is 11.3 Å². The van der Waals surface area contributed by atoms with Crippen LogP contribution in [0, 0.1) is 6.92 Å². The van der Waals surface area contributed by atoms with Crippen molar-refractivity contribution in [2.45, 2.75) is 13.3 Å². The molecule has 0 spiro atoms. The summed E-state index contributed by atoms with van der Waals surface area (Å²) in [7, 11) is 0. The van der Waals surface area contributed by atoms with Crippen LogP contribution >= 0.6 is 0 Å². The number of rotatable bonds is 4.